The van der Waals surface area contributed by atoms with Crippen LogP contribution in [0.4, 0.5) is 0 Å². The highest BCUT2D eigenvalue weighted by Crippen LogP contribution is 2.29. The Morgan fingerprint density at radius 3 is 2.69 bits per heavy atom. The Bertz CT molecular complexity index is 885. The molecular formula is C18H14Cl2N2O4. The molecule has 1 atom stereocenters. The van der Waals surface area contributed by atoms with Gasteiger partial charge in [0.1, 0.15) is 19.6 Å². The third-order valence-corrected chi connectivity index (χ3v) is 4.44. The fraction of sp³-hybridized carbons (Fsp3) is 0.167. The molecule has 1 heterocycles. The average molecular weight is 393 g/mol. The minimum absolute atomic E-state index is 0.0657. The van der Waals surface area contributed by atoms with Gasteiger partial charge in [-0.15, -0.1) is 5.06 Å². The van der Waals surface area contributed by atoms with Gasteiger partial charge in [0.15, 0.2) is 0 Å². The molecule has 1 aliphatic rings. The van der Waals surface area contributed by atoms with E-state index in [-0.39, 0.29) is 6.61 Å². The molecule has 0 saturated heterocycles. The molecule has 0 unspecified atom stereocenters. The van der Waals surface area contributed by atoms with Crippen LogP contribution in [0, 0.1) is 0 Å². The van der Waals surface area contributed by atoms with E-state index < -0.39 is 17.7 Å². The Hall–Kier alpha value is -2.41. The van der Waals surface area contributed by atoms with Crippen molar-refractivity contribution in [2.45, 2.75) is 12.5 Å². The molecular weight excluding hydrogens is 379 g/mol. The van der Waals surface area contributed by atoms with Gasteiger partial charge in [0.25, 0.3) is 11.8 Å². The van der Waals surface area contributed by atoms with Gasteiger partial charge < -0.3 is 4.84 Å². The normalized spacial score (nSPS) is 16.9. The van der Waals surface area contributed by atoms with E-state index in [2.05, 4.69) is 9.99 Å². The van der Waals surface area contributed by atoms with Gasteiger partial charge in [0.2, 0.25) is 0 Å². The first-order valence-corrected chi connectivity index (χ1v) is 8.39. The Morgan fingerprint density at radius 1 is 1.19 bits per heavy atom. The van der Waals surface area contributed by atoms with Crippen LogP contribution in [0.3, 0.4) is 0 Å². The number of hydroxylamine groups is 2. The molecule has 26 heavy (non-hydrogen) atoms. The maximum atomic E-state index is 12.7. The van der Waals surface area contributed by atoms with E-state index in [0.717, 1.165) is 5.06 Å². The number of benzene rings is 2. The minimum atomic E-state index is -0.787. The van der Waals surface area contributed by atoms with E-state index in [1.54, 1.807) is 42.5 Å². The lowest BCUT2D eigenvalue weighted by atomic mass is 9.90. The molecule has 0 N–H and O–H groups in total. The number of carbonyl (C=O) groups is 2. The monoisotopic (exact) mass is 392 g/mol. The molecule has 134 valence electrons. The Morgan fingerprint density at radius 2 is 1.96 bits per heavy atom. The summed E-state index contributed by atoms with van der Waals surface area (Å²) in [6.07, 6.45) is 1.33. The summed E-state index contributed by atoms with van der Waals surface area (Å²) in [7, 11) is 1.37. The topological polar surface area (TPSA) is 68.2 Å². The maximum Gasteiger partial charge on any atom is 0.285 e. The molecule has 0 bridgehead atoms. The predicted octanol–water partition coefficient (Wildman–Crippen LogP) is 3.82. The van der Waals surface area contributed by atoms with Gasteiger partial charge in [-0.05, 0) is 29.3 Å². The van der Waals surface area contributed by atoms with Crippen LogP contribution in [0.25, 0.3) is 0 Å². The lowest BCUT2D eigenvalue weighted by Crippen LogP contribution is -2.45. The molecule has 6 nitrogen and oxygen atoms in total. The van der Waals surface area contributed by atoms with E-state index >= 15 is 0 Å². The third-order valence-electron chi connectivity index (χ3n) is 3.86. The number of fused-ring (bicyclic) bond motifs is 1. The molecule has 0 radical (unpaired) electrons. The van der Waals surface area contributed by atoms with Gasteiger partial charge in [-0.3, -0.25) is 14.4 Å². The van der Waals surface area contributed by atoms with Crippen LogP contribution in [-0.2, 0) is 21.1 Å². The highest BCUT2D eigenvalue weighted by molar-refractivity contribution is 6.35. The molecule has 0 spiro atoms. The number of amides is 2. The number of carbonyl (C=O) groups excluding carboxylic acids is 2. The largest absolute Gasteiger partial charge is 0.399 e. The summed E-state index contributed by atoms with van der Waals surface area (Å²) < 4.78 is 0. The van der Waals surface area contributed by atoms with Crippen molar-refractivity contribution in [3.8, 4) is 0 Å². The summed E-state index contributed by atoms with van der Waals surface area (Å²) >= 11 is 12.0. The van der Waals surface area contributed by atoms with E-state index in [4.69, 9.17) is 28.0 Å². The molecule has 2 aromatic carbocycles. The SMILES string of the molecule is CO/N=C\[C@H]1C(=O)N(OCc2ccc(Cl)cc2Cl)C(=O)c2ccccc21. The zero-order valence-electron chi connectivity index (χ0n) is 13.7. The van der Waals surface area contributed by atoms with Crippen molar-refractivity contribution >= 4 is 41.2 Å². The van der Waals surface area contributed by atoms with Crippen LogP contribution in [0.15, 0.2) is 47.6 Å². The summed E-state index contributed by atoms with van der Waals surface area (Å²) in [6, 6.07) is 11.7. The second-order valence-corrected chi connectivity index (χ2v) is 6.29. The van der Waals surface area contributed by atoms with Crippen molar-refractivity contribution in [1.29, 1.82) is 0 Å². The van der Waals surface area contributed by atoms with E-state index in [1.807, 2.05) is 0 Å². The minimum Gasteiger partial charge on any atom is -0.399 e. The Kier molecular flexibility index (Phi) is 5.56. The molecule has 3 rings (SSSR count). The predicted molar refractivity (Wildman–Crippen MR) is 97.1 cm³/mol. The van der Waals surface area contributed by atoms with Gasteiger partial charge in [0.05, 0.1) is 6.21 Å². The van der Waals surface area contributed by atoms with E-state index in [1.165, 1.54) is 13.3 Å². The van der Waals surface area contributed by atoms with Crippen LogP contribution in [0.1, 0.15) is 27.4 Å². The first-order valence-electron chi connectivity index (χ1n) is 7.63. The fourth-order valence-electron chi connectivity index (χ4n) is 2.59. The van der Waals surface area contributed by atoms with Crippen molar-refractivity contribution in [1.82, 2.24) is 5.06 Å². The van der Waals surface area contributed by atoms with Gasteiger partial charge in [-0.2, -0.15) is 0 Å². The summed E-state index contributed by atoms with van der Waals surface area (Å²) in [5, 5.41) is 5.27. The molecule has 0 aliphatic carbocycles. The average Bonchev–Trinajstić information content (AvgIpc) is 2.63. The highest BCUT2D eigenvalue weighted by Gasteiger charge is 2.39. The van der Waals surface area contributed by atoms with E-state index in [9.17, 15) is 9.59 Å². The molecule has 0 fully saturated rings. The van der Waals surface area contributed by atoms with Crippen LogP contribution < -0.4 is 0 Å². The van der Waals surface area contributed by atoms with Crippen molar-refractivity contribution in [2.24, 2.45) is 5.16 Å². The maximum absolute atomic E-state index is 12.7. The van der Waals surface area contributed by atoms with Crippen LogP contribution in [-0.4, -0.2) is 30.2 Å². The second-order valence-electron chi connectivity index (χ2n) is 5.45. The van der Waals surface area contributed by atoms with Crippen LogP contribution in [0.5, 0.6) is 0 Å². The molecule has 2 aromatic rings. The van der Waals surface area contributed by atoms with Gasteiger partial charge >= 0.3 is 0 Å². The summed E-state index contributed by atoms with van der Waals surface area (Å²) in [6.45, 7) is -0.0657. The third kappa shape index (κ3) is 3.58. The number of hydrogen-bond acceptors (Lipinski definition) is 5. The van der Waals surface area contributed by atoms with Crippen molar-refractivity contribution in [3.05, 3.63) is 69.2 Å². The lowest BCUT2D eigenvalue weighted by molar-refractivity contribution is -0.174. The smallest absolute Gasteiger partial charge is 0.285 e. The molecule has 2 amide bonds. The first kappa shape index (κ1) is 18.4. The fourth-order valence-corrected chi connectivity index (χ4v) is 3.06. The zero-order chi connectivity index (χ0) is 18.7. The lowest BCUT2D eigenvalue weighted by Gasteiger charge is -2.29. The van der Waals surface area contributed by atoms with Gasteiger partial charge in [-0.1, -0.05) is 52.6 Å². The van der Waals surface area contributed by atoms with Crippen LogP contribution in [0.2, 0.25) is 10.0 Å². The van der Waals surface area contributed by atoms with Crippen molar-refractivity contribution in [3.63, 3.8) is 0 Å². The summed E-state index contributed by atoms with van der Waals surface area (Å²) in [5.74, 6) is -1.89. The molecule has 1 aliphatic heterocycles. The number of halogens is 2. The number of oxime groups is 1. The van der Waals surface area contributed by atoms with Crippen molar-refractivity contribution < 1.29 is 19.3 Å². The number of imide groups is 1. The number of rotatable bonds is 5. The quantitative estimate of drug-likeness (QED) is 0.440. The Balaban J connectivity index is 1.88. The number of nitrogens with zero attached hydrogens (tertiary/aromatic N) is 2. The highest BCUT2D eigenvalue weighted by atomic mass is 35.5. The molecule has 0 saturated carbocycles. The van der Waals surface area contributed by atoms with Gasteiger partial charge in [0, 0.05) is 15.6 Å². The standard InChI is InChI=1S/C18H14Cl2N2O4/c1-25-21-9-15-13-4-2-3-5-14(13)17(23)22(18(15)24)26-10-11-6-7-12(19)8-16(11)20/h2-9,15H,10H2,1H3/b21-9-/t15-/m1/s1. The number of hydrogen-bond donors (Lipinski definition) is 0. The van der Waals surface area contributed by atoms with Crippen molar-refractivity contribution in [2.75, 3.05) is 7.11 Å². The molecule has 0 aromatic heterocycles. The first-order chi connectivity index (χ1) is 12.5. The summed E-state index contributed by atoms with van der Waals surface area (Å²) in [4.78, 5) is 35.6. The Labute approximate surface area is 159 Å². The van der Waals surface area contributed by atoms with E-state index in [0.29, 0.717) is 26.7 Å². The second kappa shape index (κ2) is 7.86. The van der Waals surface area contributed by atoms with Crippen LogP contribution >= 0.6 is 23.2 Å². The zero-order valence-corrected chi connectivity index (χ0v) is 15.2. The van der Waals surface area contributed by atoms with Gasteiger partial charge in [-0.25, -0.2) is 0 Å². The summed E-state index contributed by atoms with van der Waals surface area (Å²) in [5.41, 5.74) is 1.51. The molecule has 8 heteroatoms.